The molecule has 1 saturated carbocycles. The highest BCUT2D eigenvalue weighted by Crippen LogP contribution is 2.38. The summed E-state index contributed by atoms with van der Waals surface area (Å²) in [5, 5.41) is 3.56. The fourth-order valence-corrected chi connectivity index (χ4v) is 4.62. The predicted molar refractivity (Wildman–Crippen MR) is 174 cm³/mol. The van der Waals surface area contributed by atoms with E-state index >= 15 is 0 Å². The number of nitrogens with two attached hydrogens (primary N) is 1. The van der Waals surface area contributed by atoms with Crippen molar-refractivity contribution in [3.63, 3.8) is 0 Å². The van der Waals surface area contributed by atoms with Crippen LogP contribution in [0.3, 0.4) is 0 Å². The molecular formula is C35H55N3O. The topological polar surface area (TPSA) is 59.6 Å². The van der Waals surface area contributed by atoms with Gasteiger partial charge in [0.25, 0.3) is 0 Å². The maximum absolute atomic E-state index is 6.55. The van der Waals surface area contributed by atoms with Gasteiger partial charge >= 0.3 is 0 Å². The smallest absolute Gasteiger partial charge is 0.105 e. The van der Waals surface area contributed by atoms with E-state index in [0.29, 0.717) is 5.92 Å². The molecule has 0 aliphatic heterocycles. The van der Waals surface area contributed by atoms with E-state index < -0.39 is 0 Å². The molecule has 0 radical (unpaired) electrons. The van der Waals surface area contributed by atoms with Crippen molar-refractivity contribution in [2.75, 3.05) is 7.11 Å². The van der Waals surface area contributed by atoms with Crippen LogP contribution in [-0.2, 0) is 4.74 Å². The lowest BCUT2D eigenvalue weighted by molar-refractivity contribution is 0.184. The molecule has 39 heavy (non-hydrogen) atoms. The van der Waals surface area contributed by atoms with Crippen LogP contribution >= 0.6 is 0 Å². The maximum Gasteiger partial charge on any atom is 0.105 e. The van der Waals surface area contributed by atoms with Gasteiger partial charge in [-0.3, -0.25) is 4.99 Å². The Morgan fingerprint density at radius 1 is 1.21 bits per heavy atom. The lowest BCUT2D eigenvalue weighted by atomic mass is 9.68. The third-order valence-corrected chi connectivity index (χ3v) is 6.91. The minimum absolute atomic E-state index is 0.106. The Morgan fingerprint density at radius 2 is 1.87 bits per heavy atom. The monoisotopic (exact) mass is 533 g/mol. The predicted octanol–water partition coefficient (Wildman–Crippen LogP) is 9.12. The first-order valence-electron chi connectivity index (χ1n) is 14.3. The van der Waals surface area contributed by atoms with E-state index in [1.165, 1.54) is 6.42 Å². The third-order valence-electron chi connectivity index (χ3n) is 6.91. The van der Waals surface area contributed by atoms with Crippen molar-refractivity contribution in [1.82, 2.24) is 5.32 Å². The van der Waals surface area contributed by atoms with E-state index in [0.717, 1.165) is 48.4 Å². The standard InChI is InChI=1S/C30H43N3O.C3H6.C2H6/c1-7-11-16-24(22-33-26(9-3)29-23(5)15-12-19-28(29)34-6)27(32-10-4)18-13-17-25(8-2)30(31)20-14-21-30;1-3-2;1-2/h7-13,15,18-19,22-23,25,29,33H,2,4,14,16-17,20-21,31H2,1,3,5-6H3;3H,1H2,2H3;1-2H3/b11-7-,18-13+,24-22-,26-9-,32-27?;;. The zero-order chi connectivity index (χ0) is 29.7. The number of hydrogen-bond donors (Lipinski definition) is 2. The summed E-state index contributed by atoms with van der Waals surface area (Å²) in [6, 6.07) is 0. The van der Waals surface area contributed by atoms with Gasteiger partial charge in [-0.2, -0.15) is 0 Å². The van der Waals surface area contributed by atoms with Crippen LogP contribution in [0.5, 0.6) is 0 Å². The molecule has 2 aliphatic rings. The zero-order valence-electron chi connectivity index (χ0n) is 25.7. The zero-order valence-corrected chi connectivity index (χ0v) is 25.7. The fourth-order valence-electron chi connectivity index (χ4n) is 4.62. The number of ether oxygens (including phenoxy) is 1. The number of aliphatic imine (C=N–C) groups is 1. The van der Waals surface area contributed by atoms with Crippen molar-refractivity contribution in [2.24, 2.45) is 28.5 Å². The van der Waals surface area contributed by atoms with Crippen molar-refractivity contribution >= 4 is 5.71 Å². The molecule has 2 aliphatic carbocycles. The summed E-state index contributed by atoms with van der Waals surface area (Å²) >= 11 is 0. The summed E-state index contributed by atoms with van der Waals surface area (Å²) in [6.45, 7) is 23.4. The van der Waals surface area contributed by atoms with Crippen LogP contribution in [-0.4, -0.2) is 18.4 Å². The highest BCUT2D eigenvalue weighted by Gasteiger charge is 2.38. The van der Waals surface area contributed by atoms with Crippen LogP contribution in [0.1, 0.15) is 73.6 Å². The Morgan fingerprint density at radius 3 is 2.36 bits per heavy atom. The summed E-state index contributed by atoms with van der Waals surface area (Å²) in [4.78, 5) is 4.59. The molecule has 3 unspecified atom stereocenters. The average molecular weight is 534 g/mol. The first-order valence-corrected chi connectivity index (χ1v) is 14.3. The lowest BCUT2D eigenvalue weighted by Gasteiger charge is -2.43. The van der Waals surface area contributed by atoms with Crippen LogP contribution in [0, 0.1) is 17.8 Å². The molecule has 0 heterocycles. The first kappa shape index (κ1) is 35.9. The first-order chi connectivity index (χ1) is 18.8. The van der Waals surface area contributed by atoms with E-state index in [2.05, 4.69) is 92.6 Å². The van der Waals surface area contributed by atoms with Crippen LogP contribution in [0.4, 0.5) is 0 Å². The van der Waals surface area contributed by atoms with E-state index in [-0.39, 0.29) is 17.4 Å². The molecule has 4 heteroatoms. The van der Waals surface area contributed by atoms with Crippen molar-refractivity contribution in [3.05, 3.63) is 110 Å². The molecule has 4 nitrogen and oxygen atoms in total. The van der Waals surface area contributed by atoms with Crippen molar-refractivity contribution < 1.29 is 4.74 Å². The van der Waals surface area contributed by atoms with Crippen molar-refractivity contribution in [2.45, 2.75) is 79.2 Å². The number of methoxy groups -OCH3 is 1. The van der Waals surface area contributed by atoms with Gasteiger partial charge in [0, 0.05) is 23.6 Å². The molecule has 0 saturated heterocycles. The minimum atomic E-state index is -0.106. The minimum Gasteiger partial charge on any atom is -0.500 e. The van der Waals surface area contributed by atoms with E-state index in [1.807, 2.05) is 39.8 Å². The van der Waals surface area contributed by atoms with Gasteiger partial charge in [-0.05, 0) is 82.4 Å². The molecule has 1 fully saturated rings. The highest BCUT2D eigenvalue weighted by atomic mass is 16.5. The Bertz CT molecular complexity index is 954. The maximum atomic E-state index is 6.55. The molecule has 0 amide bonds. The second kappa shape index (κ2) is 20.8. The summed E-state index contributed by atoms with van der Waals surface area (Å²) < 4.78 is 5.67. The number of hydrogen-bond acceptors (Lipinski definition) is 4. The SMILES string of the molecule is C=CC.C=CN=C(/C=C/CC(C=C)C1(N)CCC1)/C(=C\N/C(=C\C)C1C(OC)=CC=CC1C)C/C=C\C.CC. The van der Waals surface area contributed by atoms with Crippen LogP contribution in [0.15, 0.2) is 115 Å². The molecule has 0 bridgehead atoms. The molecule has 3 atom stereocenters. The van der Waals surface area contributed by atoms with Crippen molar-refractivity contribution in [3.8, 4) is 0 Å². The fraction of sp³-hybridized carbons (Fsp3) is 0.457. The molecule has 0 aromatic rings. The summed E-state index contributed by atoms with van der Waals surface area (Å²) in [7, 11) is 1.73. The Balaban J connectivity index is 0.00000269. The summed E-state index contributed by atoms with van der Waals surface area (Å²) in [6.07, 6.45) is 29.2. The third kappa shape index (κ3) is 11.7. The van der Waals surface area contributed by atoms with Crippen LogP contribution in [0.25, 0.3) is 0 Å². The summed E-state index contributed by atoms with van der Waals surface area (Å²) in [5.74, 6) is 1.71. The number of nitrogens with zero attached hydrogens (tertiary/aromatic N) is 1. The number of allylic oxidation sites excluding steroid dienone is 10. The van der Waals surface area contributed by atoms with Crippen molar-refractivity contribution in [1.29, 1.82) is 0 Å². The highest BCUT2D eigenvalue weighted by molar-refractivity contribution is 6.08. The molecule has 0 aromatic carbocycles. The molecule has 2 rings (SSSR count). The van der Waals surface area contributed by atoms with Gasteiger partial charge in [0.2, 0.25) is 0 Å². The van der Waals surface area contributed by atoms with Gasteiger partial charge in [0.15, 0.2) is 0 Å². The molecule has 0 spiro atoms. The Kier molecular flexibility index (Phi) is 19.1. The van der Waals surface area contributed by atoms with E-state index in [9.17, 15) is 0 Å². The normalized spacial score (nSPS) is 21.4. The van der Waals surface area contributed by atoms with E-state index in [1.54, 1.807) is 19.4 Å². The second-order valence-corrected chi connectivity index (χ2v) is 9.50. The number of rotatable bonds is 13. The van der Waals surface area contributed by atoms with Gasteiger partial charge in [-0.15, -0.1) is 13.2 Å². The van der Waals surface area contributed by atoms with Crippen LogP contribution in [0.2, 0.25) is 0 Å². The molecule has 3 N–H and O–H groups in total. The molecule has 0 aromatic heterocycles. The largest absolute Gasteiger partial charge is 0.500 e. The van der Waals surface area contributed by atoms with Crippen LogP contribution < -0.4 is 11.1 Å². The second-order valence-electron chi connectivity index (χ2n) is 9.50. The Hall–Kier alpha value is -3.11. The van der Waals surface area contributed by atoms with Gasteiger partial charge < -0.3 is 15.8 Å². The van der Waals surface area contributed by atoms with Gasteiger partial charge in [0.1, 0.15) is 5.76 Å². The van der Waals surface area contributed by atoms with Gasteiger partial charge in [0.05, 0.1) is 18.7 Å². The van der Waals surface area contributed by atoms with Gasteiger partial charge in [-0.1, -0.05) is 76.0 Å². The Labute approximate surface area is 240 Å². The molecular weight excluding hydrogens is 478 g/mol. The lowest BCUT2D eigenvalue weighted by Crippen LogP contribution is -2.52. The van der Waals surface area contributed by atoms with E-state index in [4.69, 9.17) is 10.5 Å². The summed E-state index contributed by atoms with van der Waals surface area (Å²) in [5.41, 5.74) is 9.52. The van der Waals surface area contributed by atoms with Gasteiger partial charge in [-0.25, -0.2) is 0 Å². The molecule has 216 valence electrons. The number of nitrogens with one attached hydrogen (secondary N) is 1. The average Bonchev–Trinajstić information content (AvgIpc) is 2.93. The quantitative estimate of drug-likeness (QED) is 0.183.